The minimum atomic E-state index is -0.294. The van der Waals surface area contributed by atoms with Crippen molar-refractivity contribution in [3.8, 4) is 0 Å². The molecule has 0 bridgehead atoms. The van der Waals surface area contributed by atoms with E-state index < -0.39 is 0 Å². The number of carbonyl (C=O) groups is 1. The number of carbonyl (C=O) groups excluding carboxylic acids is 1. The molecule has 0 radical (unpaired) electrons. The molecule has 0 fully saturated rings. The Morgan fingerprint density at radius 2 is 2.29 bits per heavy atom. The van der Waals surface area contributed by atoms with Crippen molar-refractivity contribution in [3.63, 3.8) is 0 Å². The lowest BCUT2D eigenvalue weighted by Crippen LogP contribution is -2.13. The topological polar surface area (TPSA) is 43.3 Å². The molecule has 0 saturated carbocycles. The number of hydrogen-bond donors (Lipinski definition) is 1. The minimum absolute atomic E-state index is 0.294. The van der Waals surface area contributed by atoms with Crippen LogP contribution in [0.15, 0.2) is 6.07 Å². The lowest BCUT2D eigenvalue weighted by Gasteiger charge is -2.06. The van der Waals surface area contributed by atoms with Crippen molar-refractivity contribution in [2.24, 2.45) is 7.05 Å². The third-order valence-corrected chi connectivity index (χ3v) is 2.31. The van der Waals surface area contributed by atoms with Crippen LogP contribution in [0.3, 0.4) is 0 Å². The summed E-state index contributed by atoms with van der Waals surface area (Å²) >= 11 is 0. The van der Waals surface area contributed by atoms with Gasteiger partial charge in [0.25, 0.3) is 0 Å². The van der Waals surface area contributed by atoms with Crippen LogP contribution in [0.1, 0.15) is 21.7 Å². The third kappa shape index (κ3) is 1.80. The molecule has 1 rings (SSSR count). The summed E-state index contributed by atoms with van der Waals surface area (Å²) in [5.41, 5.74) is 2.80. The molecule has 1 aromatic rings. The van der Waals surface area contributed by atoms with Crippen molar-refractivity contribution in [2.45, 2.75) is 13.5 Å². The maximum atomic E-state index is 11.3. The molecule has 1 aromatic heterocycles. The summed E-state index contributed by atoms with van der Waals surface area (Å²) in [6.07, 6.45) is 0. The van der Waals surface area contributed by atoms with Crippen molar-refractivity contribution in [2.75, 3.05) is 14.2 Å². The predicted molar refractivity (Wildman–Crippen MR) is 54.3 cm³/mol. The normalized spacial score (nSPS) is 10.3. The first kappa shape index (κ1) is 10.8. The highest BCUT2D eigenvalue weighted by Crippen LogP contribution is 2.14. The number of aromatic nitrogens is 1. The number of ether oxygens (including phenoxy) is 1. The van der Waals surface area contributed by atoms with Gasteiger partial charge in [0.15, 0.2) is 0 Å². The average Bonchev–Trinajstić information content (AvgIpc) is 2.45. The van der Waals surface area contributed by atoms with Crippen LogP contribution in [0.5, 0.6) is 0 Å². The minimum Gasteiger partial charge on any atom is -0.464 e. The van der Waals surface area contributed by atoms with E-state index in [0.29, 0.717) is 5.69 Å². The molecule has 0 amide bonds. The fourth-order valence-corrected chi connectivity index (χ4v) is 1.52. The Morgan fingerprint density at radius 3 is 2.79 bits per heavy atom. The summed E-state index contributed by atoms with van der Waals surface area (Å²) in [6.45, 7) is 2.73. The van der Waals surface area contributed by atoms with Gasteiger partial charge in [0.1, 0.15) is 5.69 Å². The van der Waals surface area contributed by atoms with Gasteiger partial charge >= 0.3 is 5.97 Å². The molecule has 78 valence electrons. The summed E-state index contributed by atoms with van der Waals surface area (Å²) in [6, 6.07) is 1.85. The Kier molecular flexibility index (Phi) is 3.30. The molecule has 0 aromatic carbocycles. The van der Waals surface area contributed by atoms with E-state index in [-0.39, 0.29) is 5.97 Å². The summed E-state index contributed by atoms with van der Waals surface area (Å²) < 4.78 is 6.54. The number of hydrogen-bond acceptors (Lipinski definition) is 3. The zero-order valence-corrected chi connectivity index (χ0v) is 9.05. The molecular formula is C10H16N2O2. The molecule has 0 unspecified atom stereocenters. The van der Waals surface area contributed by atoms with Crippen molar-refractivity contribution in [1.29, 1.82) is 0 Å². The first-order valence-electron chi connectivity index (χ1n) is 4.50. The molecule has 4 nitrogen and oxygen atoms in total. The van der Waals surface area contributed by atoms with E-state index in [4.69, 9.17) is 0 Å². The summed E-state index contributed by atoms with van der Waals surface area (Å²) in [7, 11) is 5.14. The highest BCUT2D eigenvalue weighted by molar-refractivity contribution is 5.88. The van der Waals surface area contributed by atoms with Crippen LogP contribution in [0.4, 0.5) is 0 Å². The fourth-order valence-electron chi connectivity index (χ4n) is 1.52. The number of nitrogens with one attached hydrogen (secondary N) is 1. The molecule has 0 atom stereocenters. The Balaban J connectivity index is 3.10. The van der Waals surface area contributed by atoms with Gasteiger partial charge in [-0.15, -0.1) is 0 Å². The largest absolute Gasteiger partial charge is 0.464 e. The predicted octanol–water partition coefficient (Wildman–Crippen LogP) is 0.840. The average molecular weight is 196 g/mol. The van der Waals surface area contributed by atoms with Gasteiger partial charge in [0.2, 0.25) is 0 Å². The van der Waals surface area contributed by atoms with Gasteiger partial charge in [-0.3, -0.25) is 0 Å². The Labute approximate surface area is 83.9 Å². The Morgan fingerprint density at radius 1 is 1.64 bits per heavy atom. The molecule has 0 aliphatic heterocycles. The van der Waals surface area contributed by atoms with Crippen LogP contribution in [0, 0.1) is 6.92 Å². The Bertz CT molecular complexity index is 342. The molecular weight excluding hydrogens is 180 g/mol. The van der Waals surface area contributed by atoms with Crippen LogP contribution in [0.2, 0.25) is 0 Å². The number of rotatable bonds is 3. The van der Waals surface area contributed by atoms with Crippen LogP contribution < -0.4 is 5.32 Å². The zero-order chi connectivity index (χ0) is 10.7. The van der Waals surface area contributed by atoms with E-state index in [1.165, 1.54) is 7.11 Å². The number of esters is 1. The van der Waals surface area contributed by atoms with Gasteiger partial charge in [0.05, 0.1) is 7.11 Å². The first-order chi connectivity index (χ1) is 6.61. The van der Waals surface area contributed by atoms with Crippen molar-refractivity contribution in [1.82, 2.24) is 9.88 Å². The second kappa shape index (κ2) is 4.28. The summed E-state index contributed by atoms with van der Waals surface area (Å²) in [5.74, 6) is -0.294. The third-order valence-electron chi connectivity index (χ3n) is 2.31. The van der Waals surface area contributed by atoms with Gasteiger partial charge in [-0.05, 0) is 25.6 Å². The van der Waals surface area contributed by atoms with E-state index in [1.807, 2.05) is 31.7 Å². The zero-order valence-electron chi connectivity index (χ0n) is 9.05. The monoisotopic (exact) mass is 196 g/mol. The molecule has 0 saturated heterocycles. The lowest BCUT2D eigenvalue weighted by atomic mass is 10.2. The van der Waals surface area contributed by atoms with Crippen LogP contribution in [0.25, 0.3) is 0 Å². The maximum absolute atomic E-state index is 11.3. The Hall–Kier alpha value is -1.29. The van der Waals surface area contributed by atoms with Gasteiger partial charge in [-0.25, -0.2) is 4.79 Å². The maximum Gasteiger partial charge on any atom is 0.354 e. The standard InChI is InChI=1S/C10H16N2O2/c1-7-5-8(10(13)14-4)12(3)9(7)6-11-2/h5,11H,6H2,1-4H3. The van der Waals surface area contributed by atoms with Crippen molar-refractivity contribution >= 4 is 5.97 Å². The smallest absolute Gasteiger partial charge is 0.354 e. The first-order valence-corrected chi connectivity index (χ1v) is 4.50. The van der Waals surface area contributed by atoms with E-state index in [9.17, 15) is 4.79 Å². The molecule has 4 heteroatoms. The molecule has 14 heavy (non-hydrogen) atoms. The van der Waals surface area contributed by atoms with E-state index in [1.54, 1.807) is 0 Å². The number of methoxy groups -OCH3 is 1. The van der Waals surface area contributed by atoms with E-state index in [0.717, 1.165) is 17.8 Å². The van der Waals surface area contributed by atoms with Gasteiger partial charge in [-0.2, -0.15) is 0 Å². The van der Waals surface area contributed by atoms with Crippen LogP contribution in [-0.2, 0) is 18.3 Å². The molecule has 0 aliphatic carbocycles. The van der Waals surface area contributed by atoms with Crippen molar-refractivity contribution in [3.05, 3.63) is 23.0 Å². The number of nitrogens with zero attached hydrogens (tertiary/aromatic N) is 1. The lowest BCUT2D eigenvalue weighted by molar-refractivity contribution is 0.0589. The highest BCUT2D eigenvalue weighted by Gasteiger charge is 2.14. The highest BCUT2D eigenvalue weighted by atomic mass is 16.5. The second-order valence-electron chi connectivity index (χ2n) is 3.24. The van der Waals surface area contributed by atoms with E-state index in [2.05, 4.69) is 10.1 Å². The van der Waals surface area contributed by atoms with Crippen LogP contribution in [-0.4, -0.2) is 24.7 Å². The van der Waals surface area contributed by atoms with Gasteiger partial charge < -0.3 is 14.6 Å². The molecule has 1 heterocycles. The van der Waals surface area contributed by atoms with Gasteiger partial charge in [0, 0.05) is 19.3 Å². The molecule has 1 N–H and O–H groups in total. The van der Waals surface area contributed by atoms with Gasteiger partial charge in [-0.1, -0.05) is 0 Å². The number of aryl methyl sites for hydroxylation is 1. The quantitative estimate of drug-likeness (QED) is 0.728. The van der Waals surface area contributed by atoms with Crippen LogP contribution >= 0.6 is 0 Å². The van der Waals surface area contributed by atoms with E-state index >= 15 is 0 Å². The second-order valence-corrected chi connectivity index (χ2v) is 3.24. The molecule has 0 spiro atoms. The summed E-state index contributed by atoms with van der Waals surface area (Å²) in [4.78, 5) is 11.3. The molecule has 0 aliphatic rings. The fraction of sp³-hybridized carbons (Fsp3) is 0.500. The summed E-state index contributed by atoms with van der Waals surface area (Å²) in [5, 5.41) is 3.06. The van der Waals surface area contributed by atoms with Crippen molar-refractivity contribution < 1.29 is 9.53 Å². The SMILES string of the molecule is CNCc1c(C)cc(C(=O)OC)n1C.